The van der Waals surface area contributed by atoms with Crippen molar-refractivity contribution < 1.29 is 14.0 Å². The summed E-state index contributed by atoms with van der Waals surface area (Å²) in [6.45, 7) is 2.07. The Hall–Kier alpha value is -1.91. The molecule has 18 heavy (non-hydrogen) atoms. The summed E-state index contributed by atoms with van der Waals surface area (Å²) in [5.74, 6) is -0.846. The Balaban J connectivity index is 2.03. The molecule has 1 unspecified atom stereocenters. The van der Waals surface area contributed by atoms with Gasteiger partial charge in [-0.15, -0.1) is 0 Å². The number of rotatable bonds is 2. The molecule has 5 heteroatoms. The average molecular weight is 250 g/mol. The van der Waals surface area contributed by atoms with E-state index in [1.807, 2.05) is 0 Å². The summed E-state index contributed by atoms with van der Waals surface area (Å²) >= 11 is 0. The van der Waals surface area contributed by atoms with Gasteiger partial charge >= 0.3 is 0 Å². The lowest BCUT2D eigenvalue weighted by atomic mass is 10.1. The van der Waals surface area contributed by atoms with Crippen molar-refractivity contribution in [3.05, 3.63) is 29.6 Å². The first kappa shape index (κ1) is 12.5. The molecule has 2 rings (SSSR count). The molecule has 1 saturated heterocycles. The summed E-state index contributed by atoms with van der Waals surface area (Å²) in [5.41, 5.74) is 1.04. The number of likely N-dealkylation sites (tertiary alicyclic amines) is 1. The van der Waals surface area contributed by atoms with Crippen LogP contribution in [0.4, 0.5) is 10.1 Å². The number of amides is 2. The molecule has 0 aromatic heterocycles. The van der Waals surface area contributed by atoms with E-state index in [1.54, 1.807) is 24.9 Å². The smallest absolute Gasteiger partial charge is 0.229 e. The van der Waals surface area contributed by atoms with Crippen LogP contribution in [0.5, 0.6) is 0 Å². The molecule has 1 aromatic rings. The molecule has 2 amide bonds. The normalized spacial score (nSPS) is 19.2. The molecule has 1 atom stereocenters. The molecule has 4 nitrogen and oxygen atoms in total. The van der Waals surface area contributed by atoms with Gasteiger partial charge in [0.15, 0.2) is 0 Å². The molecule has 1 heterocycles. The monoisotopic (exact) mass is 250 g/mol. The Kier molecular flexibility index (Phi) is 3.32. The summed E-state index contributed by atoms with van der Waals surface area (Å²) < 4.78 is 13.1. The Morgan fingerprint density at radius 3 is 2.78 bits per heavy atom. The highest BCUT2D eigenvalue weighted by Gasteiger charge is 2.32. The maximum Gasteiger partial charge on any atom is 0.229 e. The predicted molar refractivity (Wildman–Crippen MR) is 65.5 cm³/mol. The highest BCUT2D eigenvalue weighted by molar-refractivity contribution is 5.97. The topological polar surface area (TPSA) is 49.4 Å². The van der Waals surface area contributed by atoms with Crippen molar-refractivity contribution in [3.8, 4) is 0 Å². The van der Waals surface area contributed by atoms with Crippen LogP contribution in [0.3, 0.4) is 0 Å². The third kappa shape index (κ3) is 2.50. The van der Waals surface area contributed by atoms with Crippen molar-refractivity contribution >= 4 is 17.5 Å². The van der Waals surface area contributed by atoms with Crippen LogP contribution in [0.15, 0.2) is 18.2 Å². The van der Waals surface area contributed by atoms with Gasteiger partial charge < -0.3 is 10.2 Å². The molecule has 96 valence electrons. The number of nitrogens with one attached hydrogen (secondary N) is 1. The van der Waals surface area contributed by atoms with Crippen LogP contribution in [0.2, 0.25) is 0 Å². The minimum Gasteiger partial charge on any atom is -0.345 e. The Morgan fingerprint density at radius 2 is 2.22 bits per heavy atom. The van der Waals surface area contributed by atoms with Gasteiger partial charge in [0.25, 0.3) is 0 Å². The second-order valence-electron chi connectivity index (χ2n) is 4.63. The van der Waals surface area contributed by atoms with Gasteiger partial charge in [0.05, 0.1) is 5.92 Å². The number of carbonyl (C=O) groups excluding carboxylic acids is 2. The van der Waals surface area contributed by atoms with Crippen LogP contribution in [0.25, 0.3) is 0 Å². The number of hydrogen-bond donors (Lipinski definition) is 1. The number of nitrogens with zero attached hydrogens (tertiary/aromatic N) is 1. The van der Waals surface area contributed by atoms with Gasteiger partial charge in [0.1, 0.15) is 5.82 Å². The molecule has 0 saturated carbocycles. The number of hydrogen-bond acceptors (Lipinski definition) is 2. The van der Waals surface area contributed by atoms with Crippen LogP contribution >= 0.6 is 0 Å². The van der Waals surface area contributed by atoms with Gasteiger partial charge in [0.2, 0.25) is 11.8 Å². The van der Waals surface area contributed by atoms with E-state index in [2.05, 4.69) is 5.32 Å². The molecule has 1 N–H and O–H groups in total. The zero-order valence-corrected chi connectivity index (χ0v) is 10.4. The maximum atomic E-state index is 13.1. The number of aryl methyl sites for hydroxylation is 1. The van der Waals surface area contributed by atoms with E-state index in [9.17, 15) is 14.0 Å². The molecule has 1 aliphatic rings. The number of halogens is 1. The van der Waals surface area contributed by atoms with Gasteiger partial charge in [-0.05, 0) is 30.7 Å². The van der Waals surface area contributed by atoms with Crippen LogP contribution in [0, 0.1) is 18.7 Å². The molecule has 0 bridgehead atoms. The van der Waals surface area contributed by atoms with Crippen molar-refractivity contribution in [1.29, 1.82) is 0 Å². The average Bonchev–Trinajstić information content (AvgIpc) is 2.65. The van der Waals surface area contributed by atoms with Gasteiger partial charge in [-0.2, -0.15) is 0 Å². The largest absolute Gasteiger partial charge is 0.345 e. The second kappa shape index (κ2) is 4.76. The van der Waals surface area contributed by atoms with Gasteiger partial charge in [-0.1, -0.05) is 0 Å². The van der Waals surface area contributed by atoms with Crippen molar-refractivity contribution in [1.82, 2.24) is 4.90 Å². The van der Waals surface area contributed by atoms with E-state index >= 15 is 0 Å². The summed E-state index contributed by atoms with van der Waals surface area (Å²) in [6, 6.07) is 4.41. The highest BCUT2D eigenvalue weighted by Crippen LogP contribution is 2.19. The summed E-state index contributed by atoms with van der Waals surface area (Å²) in [5, 5.41) is 2.71. The zero-order chi connectivity index (χ0) is 13.3. The van der Waals surface area contributed by atoms with Gasteiger partial charge in [-0.25, -0.2) is 4.39 Å². The van der Waals surface area contributed by atoms with E-state index in [-0.39, 0.29) is 30.0 Å². The summed E-state index contributed by atoms with van der Waals surface area (Å²) in [7, 11) is 1.68. The Morgan fingerprint density at radius 1 is 1.50 bits per heavy atom. The minimum absolute atomic E-state index is 0.0227. The minimum atomic E-state index is -0.326. The molecular weight excluding hydrogens is 235 g/mol. The lowest BCUT2D eigenvalue weighted by molar-refractivity contribution is -0.127. The van der Waals surface area contributed by atoms with Crippen LogP contribution in [-0.2, 0) is 9.59 Å². The second-order valence-corrected chi connectivity index (χ2v) is 4.63. The van der Waals surface area contributed by atoms with E-state index in [0.29, 0.717) is 17.8 Å². The van der Waals surface area contributed by atoms with Crippen molar-refractivity contribution in [2.45, 2.75) is 13.3 Å². The van der Waals surface area contributed by atoms with Crippen molar-refractivity contribution in [3.63, 3.8) is 0 Å². The fourth-order valence-corrected chi connectivity index (χ4v) is 2.01. The number of anilines is 1. The SMILES string of the molecule is Cc1cc(NC(=O)C2CC(=O)N(C)C2)ccc1F. The summed E-state index contributed by atoms with van der Waals surface area (Å²) in [4.78, 5) is 24.8. The molecule has 1 aliphatic heterocycles. The predicted octanol–water partition coefficient (Wildman–Crippen LogP) is 1.55. The van der Waals surface area contributed by atoms with Gasteiger partial charge in [0, 0.05) is 25.7 Å². The summed E-state index contributed by atoms with van der Waals surface area (Å²) in [6.07, 6.45) is 0.239. The van der Waals surface area contributed by atoms with Crippen LogP contribution in [0.1, 0.15) is 12.0 Å². The fourth-order valence-electron chi connectivity index (χ4n) is 2.01. The molecule has 0 radical (unpaired) electrons. The third-order valence-electron chi connectivity index (χ3n) is 3.14. The third-order valence-corrected chi connectivity index (χ3v) is 3.14. The van der Waals surface area contributed by atoms with E-state index in [1.165, 1.54) is 12.1 Å². The first-order chi connectivity index (χ1) is 8.47. The molecule has 1 aromatic carbocycles. The van der Waals surface area contributed by atoms with Crippen molar-refractivity contribution in [2.75, 3.05) is 18.9 Å². The van der Waals surface area contributed by atoms with E-state index < -0.39 is 0 Å². The van der Waals surface area contributed by atoms with Crippen molar-refractivity contribution in [2.24, 2.45) is 5.92 Å². The Bertz CT molecular complexity index is 502. The van der Waals surface area contributed by atoms with Crippen LogP contribution in [-0.4, -0.2) is 30.3 Å². The molecular formula is C13H15FN2O2. The highest BCUT2D eigenvalue weighted by atomic mass is 19.1. The number of benzene rings is 1. The molecule has 0 aliphatic carbocycles. The maximum absolute atomic E-state index is 13.1. The van der Waals surface area contributed by atoms with Crippen LogP contribution < -0.4 is 5.32 Å². The first-order valence-electron chi connectivity index (χ1n) is 5.78. The molecule has 0 spiro atoms. The number of carbonyl (C=O) groups is 2. The quantitative estimate of drug-likeness (QED) is 0.865. The molecule has 1 fully saturated rings. The van der Waals surface area contributed by atoms with Gasteiger partial charge in [-0.3, -0.25) is 9.59 Å². The lowest BCUT2D eigenvalue weighted by Gasteiger charge is -2.11. The van der Waals surface area contributed by atoms with E-state index in [0.717, 1.165) is 0 Å². The first-order valence-corrected chi connectivity index (χ1v) is 5.78. The fraction of sp³-hybridized carbons (Fsp3) is 0.385. The Labute approximate surface area is 105 Å². The lowest BCUT2D eigenvalue weighted by Crippen LogP contribution is -2.25. The zero-order valence-electron chi connectivity index (χ0n) is 10.4. The standard InChI is InChI=1S/C13H15FN2O2/c1-8-5-10(3-4-11(8)14)15-13(18)9-6-12(17)16(2)7-9/h3-5,9H,6-7H2,1-2H3,(H,15,18). The van der Waals surface area contributed by atoms with E-state index in [4.69, 9.17) is 0 Å².